The van der Waals surface area contributed by atoms with E-state index in [2.05, 4.69) is 65.3 Å². The topological polar surface area (TPSA) is 72.5 Å². The van der Waals surface area contributed by atoms with Gasteiger partial charge in [0.1, 0.15) is 17.1 Å². The van der Waals surface area contributed by atoms with Crippen molar-refractivity contribution in [3.8, 4) is 11.5 Å². The van der Waals surface area contributed by atoms with Gasteiger partial charge in [0.2, 0.25) is 0 Å². The van der Waals surface area contributed by atoms with Crippen LogP contribution in [0.5, 0.6) is 11.5 Å². The highest BCUT2D eigenvalue weighted by molar-refractivity contribution is 6.76. The summed E-state index contributed by atoms with van der Waals surface area (Å²) in [6.45, 7) is 23.0. The predicted molar refractivity (Wildman–Crippen MR) is 182 cm³/mol. The van der Waals surface area contributed by atoms with Gasteiger partial charge in [0.25, 0.3) is 0 Å². The van der Waals surface area contributed by atoms with Crippen molar-refractivity contribution in [2.45, 2.75) is 116 Å². The number of allylic oxidation sites excluding steroid dienone is 1. The Morgan fingerprint density at radius 2 is 1.67 bits per heavy atom. The first-order valence-corrected chi connectivity index (χ1v) is 23.2. The first-order valence-electron chi connectivity index (χ1n) is 15.8. The third-order valence-corrected chi connectivity index (χ3v) is 10.6. The number of methoxy groups -OCH3 is 1. The number of carbonyl (C=O) groups is 1. The van der Waals surface area contributed by atoms with E-state index in [0.717, 1.165) is 24.9 Å². The smallest absolute Gasteiger partial charge is 0.342 e. The van der Waals surface area contributed by atoms with Crippen LogP contribution in [-0.4, -0.2) is 67.2 Å². The number of rotatable bonds is 18. The van der Waals surface area contributed by atoms with Crippen molar-refractivity contribution in [1.82, 2.24) is 0 Å². The summed E-state index contributed by atoms with van der Waals surface area (Å²) in [6.07, 6.45) is 11.0. The molecule has 43 heavy (non-hydrogen) atoms. The molecule has 3 atom stereocenters. The van der Waals surface area contributed by atoms with Crippen molar-refractivity contribution in [2.75, 3.05) is 27.1 Å². The number of hydrogen-bond acceptors (Lipinski definition) is 7. The molecule has 1 aliphatic rings. The van der Waals surface area contributed by atoms with Crippen LogP contribution in [0.25, 0.3) is 6.08 Å². The zero-order valence-electron chi connectivity index (χ0n) is 28.7. The standard InChI is InChI=1S/C34H58O7Si2/c1-12-13-14-16-26(2)32-29(40-34(3,4)41-32)18-15-17-27-23-28(37-19-21-42(6,7)8)24-30(39-25-36-5)31(27)33(35)38-20-22-43(9,10)11/h14-17,23-24,26,29,32H,12-13,18-22,25H2,1-11H3/b16-14-,17-15+/t26?,29-,32+/m0/s1. The zero-order valence-corrected chi connectivity index (χ0v) is 30.7. The molecule has 0 bridgehead atoms. The normalized spacial score (nSPS) is 19.7. The summed E-state index contributed by atoms with van der Waals surface area (Å²) in [5.41, 5.74) is 1.05. The van der Waals surface area contributed by atoms with Gasteiger partial charge in [-0.05, 0) is 50.4 Å². The van der Waals surface area contributed by atoms with Gasteiger partial charge in [-0.1, -0.05) is 83.9 Å². The first kappa shape index (κ1) is 37.3. The quantitative estimate of drug-likeness (QED) is 0.0692. The minimum atomic E-state index is -1.38. The second-order valence-electron chi connectivity index (χ2n) is 14.4. The summed E-state index contributed by atoms with van der Waals surface area (Å²) < 4.78 is 35.7. The van der Waals surface area contributed by atoms with Crippen molar-refractivity contribution in [3.05, 3.63) is 41.5 Å². The van der Waals surface area contributed by atoms with E-state index in [4.69, 9.17) is 28.4 Å². The molecule has 1 saturated heterocycles. The van der Waals surface area contributed by atoms with Gasteiger partial charge in [-0.15, -0.1) is 0 Å². The second kappa shape index (κ2) is 17.0. The van der Waals surface area contributed by atoms with E-state index < -0.39 is 27.9 Å². The molecule has 1 heterocycles. The zero-order chi connectivity index (χ0) is 32.3. The largest absolute Gasteiger partial charge is 0.494 e. The lowest BCUT2D eigenvalue weighted by Gasteiger charge is -2.21. The lowest BCUT2D eigenvalue weighted by atomic mass is 9.96. The molecule has 1 aromatic carbocycles. The summed E-state index contributed by atoms with van der Waals surface area (Å²) in [5.74, 6) is 0.177. The van der Waals surface area contributed by atoms with E-state index in [-0.39, 0.29) is 24.9 Å². The van der Waals surface area contributed by atoms with E-state index in [1.165, 1.54) is 0 Å². The Bertz CT molecular complexity index is 1070. The van der Waals surface area contributed by atoms with Crippen molar-refractivity contribution >= 4 is 28.2 Å². The number of carbonyl (C=O) groups excluding carboxylic acids is 1. The lowest BCUT2D eigenvalue weighted by Crippen LogP contribution is -2.28. The van der Waals surface area contributed by atoms with Crippen LogP contribution in [0.4, 0.5) is 0 Å². The van der Waals surface area contributed by atoms with Gasteiger partial charge in [0.05, 0.1) is 25.4 Å². The average Bonchev–Trinajstić information content (AvgIpc) is 3.20. The van der Waals surface area contributed by atoms with Gasteiger partial charge in [-0.25, -0.2) is 4.79 Å². The Morgan fingerprint density at radius 1 is 1.00 bits per heavy atom. The predicted octanol–water partition coefficient (Wildman–Crippen LogP) is 8.80. The van der Waals surface area contributed by atoms with Crippen LogP contribution in [0.2, 0.25) is 51.4 Å². The Hall–Kier alpha value is -1.92. The van der Waals surface area contributed by atoms with Gasteiger partial charge >= 0.3 is 5.97 Å². The van der Waals surface area contributed by atoms with E-state index in [1.54, 1.807) is 13.2 Å². The highest BCUT2D eigenvalue weighted by Gasteiger charge is 2.42. The molecule has 1 unspecified atom stereocenters. The highest BCUT2D eigenvalue weighted by atomic mass is 28.3. The SMILES string of the molecule is CCC/C=C\C(C)[C@H]1OC(C)(C)O[C@H]1C/C=C/c1cc(OCC[Si](C)(C)C)cc(OCOC)c1C(=O)OCC[Si](C)(C)C. The molecule has 1 aliphatic heterocycles. The number of esters is 1. The molecule has 2 rings (SSSR count). The maximum Gasteiger partial charge on any atom is 0.342 e. The van der Waals surface area contributed by atoms with Crippen LogP contribution in [0.15, 0.2) is 30.4 Å². The fourth-order valence-corrected chi connectivity index (χ4v) is 6.11. The van der Waals surface area contributed by atoms with E-state index >= 15 is 0 Å². The molecule has 0 amide bonds. The fourth-order valence-electron chi connectivity index (χ4n) is 4.68. The lowest BCUT2D eigenvalue weighted by molar-refractivity contribution is -0.148. The molecular formula is C34H58O7Si2. The van der Waals surface area contributed by atoms with Crippen LogP contribution in [0, 0.1) is 5.92 Å². The average molecular weight is 635 g/mol. The molecule has 1 aromatic rings. The van der Waals surface area contributed by atoms with E-state index in [0.29, 0.717) is 42.3 Å². The summed E-state index contributed by atoms with van der Waals surface area (Å²) >= 11 is 0. The number of benzene rings is 1. The van der Waals surface area contributed by atoms with E-state index in [1.807, 2.05) is 32.1 Å². The molecule has 9 heteroatoms. The van der Waals surface area contributed by atoms with Crippen molar-refractivity contribution in [1.29, 1.82) is 0 Å². The minimum Gasteiger partial charge on any atom is -0.494 e. The van der Waals surface area contributed by atoms with Crippen LogP contribution < -0.4 is 9.47 Å². The van der Waals surface area contributed by atoms with Crippen LogP contribution >= 0.6 is 0 Å². The molecule has 244 valence electrons. The van der Waals surface area contributed by atoms with E-state index in [9.17, 15) is 4.79 Å². The number of hydrogen-bond donors (Lipinski definition) is 0. The molecule has 1 fully saturated rings. The minimum absolute atomic E-state index is 0.00412. The maximum absolute atomic E-state index is 13.5. The van der Waals surface area contributed by atoms with Crippen LogP contribution in [0.3, 0.4) is 0 Å². The summed E-state index contributed by atoms with van der Waals surface area (Å²) in [7, 11) is -1.11. The third-order valence-electron chi connectivity index (χ3n) is 7.15. The van der Waals surface area contributed by atoms with Crippen molar-refractivity contribution in [3.63, 3.8) is 0 Å². The van der Waals surface area contributed by atoms with Gasteiger partial charge < -0.3 is 28.4 Å². The third kappa shape index (κ3) is 13.7. The number of ether oxygens (including phenoxy) is 6. The first-order chi connectivity index (χ1) is 20.0. The van der Waals surface area contributed by atoms with Crippen LogP contribution in [-0.2, 0) is 18.9 Å². The molecular weight excluding hydrogens is 577 g/mol. The molecule has 0 saturated carbocycles. The summed E-state index contributed by atoms with van der Waals surface area (Å²) in [5, 5.41) is 0. The number of unbranched alkanes of at least 4 members (excludes halogenated alkanes) is 1. The summed E-state index contributed by atoms with van der Waals surface area (Å²) in [4.78, 5) is 13.5. The van der Waals surface area contributed by atoms with Crippen molar-refractivity contribution in [2.24, 2.45) is 5.92 Å². The molecule has 0 aliphatic carbocycles. The van der Waals surface area contributed by atoms with Gasteiger partial charge in [-0.2, -0.15) is 0 Å². The van der Waals surface area contributed by atoms with Crippen LogP contribution in [0.1, 0.15) is 62.9 Å². The molecule has 0 aromatic heterocycles. The Morgan fingerprint density at radius 3 is 2.30 bits per heavy atom. The molecule has 0 spiro atoms. The van der Waals surface area contributed by atoms with Gasteiger partial charge in [0.15, 0.2) is 12.6 Å². The molecule has 0 radical (unpaired) electrons. The second-order valence-corrected chi connectivity index (χ2v) is 25.6. The Labute approximate surface area is 263 Å². The van der Waals surface area contributed by atoms with Gasteiger partial charge in [-0.3, -0.25) is 0 Å². The molecule has 7 nitrogen and oxygen atoms in total. The Kier molecular flexibility index (Phi) is 14.7. The van der Waals surface area contributed by atoms with Gasteiger partial charge in [0, 0.05) is 35.2 Å². The fraction of sp³-hybridized carbons (Fsp3) is 0.676. The monoisotopic (exact) mass is 634 g/mol. The Balaban J connectivity index is 2.40. The highest BCUT2D eigenvalue weighted by Crippen LogP contribution is 2.36. The maximum atomic E-state index is 13.5. The van der Waals surface area contributed by atoms with Crippen molar-refractivity contribution < 1.29 is 33.2 Å². The summed E-state index contributed by atoms with van der Waals surface area (Å²) in [6, 6.07) is 5.58. The molecule has 0 N–H and O–H groups in total.